The van der Waals surface area contributed by atoms with Gasteiger partial charge in [-0.2, -0.15) is 0 Å². The van der Waals surface area contributed by atoms with E-state index in [2.05, 4.69) is 37.0 Å². The van der Waals surface area contributed by atoms with E-state index in [1.807, 2.05) is 23.1 Å². The summed E-state index contributed by atoms with van der Waals surface area (Å²) >= 11 is 6.26. The first kappa shape index (κ1) is 41.0. The SMILES string of the molecule is O=C(NS(=O)c1ccc(N[C@H]2COCCO2)c([N+](=O)[O-])c1)c1cc(F)c(N2CCN(CC3=C(c4ccc(Cl)cc4)CC4(CCC4)CC3)CC2)cc1Oc1cnc2[nH]ccc2c1. The number of pyridine rings is 1. The maximum absolute atomic E-state index is 16.3. The van der Waals surface area contributed by atoms with Crippen molar-refractivity contribution in [1.29, 1.82) is 0 Å². The monoisotopic (exact) mass is 869 g/mol. The second-order valence-corrected chi connectivity index (χ2v) is 17.7. The van der Waals surface area contributed by atoms with Gasteiger partial charge < -0.3 is 29.4 Å². The number of nitrogens with zero attached hydrogens (tertiary/aromatic N) is 4. The molecule has 3 N–H and O–H groups in total. The van der Waals surface area contributed by atoms with Gasteiger partial charge in [0.1, 0.15) is 28.7 Å². The van der Waals surface area contributed by atoms with E-state index < -0.39 is 33.9 Å². The van der Waals surface area contributed by atoms with Gasteiger partial charge in [-0.3, -0.25) is 24.5 Å². The van der Waals surface area contributed by atoms with Gasteiger partial charge in [0.25, 0.3) is 11.6 Å². The molecule has 2 aliphatic carbocycles. The summed E-state index contributed by atoms with van der Waals surface area (Å²) in [6.45, 7) is 4.27. The Bertz CT molecular complexity index is 2520. The molecule has 17 heteroatoms. The summed E-state index contributed by atoms with van der Waals surface area (Å²) in [5.41, 5.74) is 5.00. The number of ether oxygens (including phenoxy) is 3. The highest BCUT2D eigenvalue weighted by Gasteiger charge is 2.41. The second kappa shape index (κ2) is 17.5. The summed E-state index contributed by atoms with van der Waals surface area (Å²) in [6, 6.07) is 18.2. The number of nitro benzene ring substituents is 1. The number of aromatic amines is 1. The number of benzene rings is 3. The van der Waals surface area contributed by atoms with Gasteiger partial charge in [0, 0.05) is 61.5 Å². The van der Waals surface area contributed by atoms with Crippen LogP contribution in [0.2, 0.25) is 5.02 Å². The van der Waals surface area contributed by atoms with Crippen LogP contribution in [0.15, 0.2) is 89.6 Å². The predicted octanol–water partition coefficient (Wildman–Crippen LogP) is 8.22. The van der Waals surface area contributed by atoms with Crippen LogP contribution in [0, 0.1) is 21.3 Å². The lowest BCUT2D eigenvalue weighted by Gasteiger charge is -2.47. The van der Waals surface area contributed by atoms with Gasteiger partial charge >= 0.3 is 0 Å². The van der Waals surface area contributed by atoms with Gasteiger partial charge in [-0.1, -0.05) is 35.7 Å². The van der Waals surface area contributed by atoms with Crippen LogP contribution in [0.3, 0.4) is 0 Å². The Hall–Kier alpha value is -5.39. The summed E-state index contributed by atoms with van der Waals surface area (Å²) in [6.07, 6.45) is 9.86. The average Bonchev–Trinajstić information content (AvgIpc) is 3.73. The predicted molar refractivity (Wildman–Crippen MR) is 231 cm³/mol. The van der Waals surface area contributed by atoms with Gasteiger partial charge in [0.05, 0.1) is 47.1 Å². The first-order valence-corrected chi connectivity index (χ1v) is 22.0. The number of halogens is 2. The van der Waals surface area contributed by atoms with Crippen LogP contribution < -0.4 is 19.7 Å². The first-order valence-electron chi connectivity index (χ1n) is 20.5. The fourth-order valence-electron chi connectivity index (χ4n) is 8.80. The van der Waals surface area contributed by atoms with Crippen LogP contribution in [0.5, 0.6) is 11.5 Å². The number of amides is 1. The molecule has 2 aromatic heterocycles. The molecule has 5 aromatic rings. The zero-order valence-corrected chi connectivity index (χ0v) is 34.9. The third-order valence-electron chi connectivity index (χ3n) is 12.3. The second-order valence-electron chi connectivity index (χ2n) is 16.1. The lowest BCUT2D eigenvalue weighted by molar-refractivity contribution is -0.384. The molecular formula is C44H45ClFN7O7S. The maximum atomic E-state index is 16.3. The molecule has 1 unspecified atom stereocenters. The Morgan fingerprint density at radius 2 is 1.89 bits per heavy atom. The summed E-state index contributed by atoms with van der Waals surface area (Å²) in [4.78, 5) is 37.0. The molecule has 2 saturated heterocycles. The number of carbonyl (C=O) groups is 1. The van der Waals surface area contributed by atoms with Crippen LogP contribution in [-0.4, -0.2) is 88.7 Å². The van der Waals surface area contributed by atoms with E-state index >= 15 is 4.39 Å². The van der Waals surface area contributed by atoms with Crippen molar-refractivity contribution in [2.45, 2.75) is 49.6 Å². The van der Waals surface area contributed by atoms with Crippen molar-refractivity contribution >= 4 is 62.2 Å². The van der Waals surface area contributed by atoms with E-state index in [1.54, 1.807) is 12.3 Å². The molecule has 61 heavy (non-hydrogen) atoms. The molecule has 0 bridgehead atoms. The fraction of sp³-hybridized carbons (Fsp3) is 0.364. The normalized spacial score (nSPS) is 19.7. The van der Waals surface area contributed by atoms with Crippen molar-refractivity contribution in [3.8, 4) is 11.5 Å². The summed E-state index contributed by atoms with van der Waals surface area (Å²) in [5.74, 6) is -1.23. The van der Waals surface area contributed by atoms with Gasteiger partial charge in [-0.25, -0.2) is 13.6 Å². The van der Waals surface area contributed by atoms with E-state index in [9.17, 15) is 19.1 Å². The Kier molecular flexibility index (Phi) is 11.8. The van der Waals surface area contributed by atoms with Crippen molar-refractivity contribution in [2.24, 2.45) is 5.41 Å². The molecule has 318 valence electrons. The summed E-state index contributed by atoms with van der Waals surface area (Å²) in [5, 5.41) is 16.4. The topological polar surface area (TPSA) is 164 Å². The highest BCUT2D eigenvalue weighted by molar-refractivity contribution is 7.83. The maximum Gasteiger partial charge on any atom is 0.293 e. The molecule has 3 aromatic carbocycles. The smallest absolute Gasteiger partial charge is 0.293 e. The molecule has 0 radical (unpaired) electrons. The van der Waals surface area contributed by atoms with Crippen LogP contribution >= 0.6 is 11.6 Å². The van der Waals surface area contributed by atoms with E-state index in [1.165, 1.54) is 66.8 Å². The minimum Gasteiger partial charge on any atom is -0.455 e. The van der Waals surface area contributed by atoms with E-state index in [0.717, 1.165) is 41.9 Å². The number of aromatic nitrogens is 2. The van der Waals surface area contributed by atoms with E-state index in [4.69, 9.17) is 25.8 Å². The van der Waals surface area contributed by atoms with Gasteiger partial charge in [-0.15, -0.1) is 0 Å². The van der Waals surface area contributed by atoms with E-state index in [0.29, 0.717) is 56.2 Å². The summed E-state index contributed by atoms with van der Waals surface area (Å²) < 4.78 is 49.4. The van der Waals surface area contributed by atoms with Crippen molar-refractivity contribution < 1.29 is 32.5 Å². The standard InChI is InChI=1S/C44H45ClFN7O7S/c45-31-4-2-28(3-5-31)35-24-44(10-1-11-44)12-8-30(35)26-51-14-16-52(17-15-51)38-23-40(60-32-20-29-9-13-47-42(29)48-25-32)34(22-36(38)46)43(54)50-61(57)33-6-7-37(39(21-33)53(55)56)49-41-27-58-18-19-59-41/h2-7,9,13,20-23,25,41,49H,1,8,10-12,14-19,24,26-27H2,(H,47,48)(H,50,54)/t41-,61?/m1/s1. The number of rotatable bonds is 12. The molecule has 1 amide bonds. The third kappa shape index (κ3) is 9.00. The van der Waals surface area contributed by atoms with Gasteiger partial charge in [-0.05, 0) is 91.1 Å². The zero-order valence-electron chi connectivity index (χ0n) is 33.3. The highest BCUT2D eigenvalue weighted by Crippen LogP contribution is 2.55. The quantitative estimate of drug-likeness (QED) is 0.0818. The van der Waals surface area contributed by atoms with Crippen LogP contribution in [0.25, 0.3) is 16.6 Å². The van der Waals surface area contributed by atoms with Crippen molar-refractivity contribution in [1.82, 2.24) is 19.6 Å². The van der Waals surface area contributed by atoms with Crippen LogP contribution in [-0.2, 0) is 20.5 Å². The molecule has 14 nitrogen and oxygen atoms in total. The zero-order chi connectivity index (χ0) is 42.1. The van der Waals surface area contributed by atoms with Crippen molar-refractivity contribution in [3.63, 3.8) is 0 Å². The Labute approximate surface area is 359 Å². The van der Waals surface area contributed by atoms with Gasteiger partial charge in [0.2, 0.25) is 0 Å². The Balaban J connectivity index is 0.938. The number of piperazine rings is 1. The Morgan fingerprint density at radius 1 is 1.07 bits per heavy atom. The fourth-order valence-corrected chi connectivity index (χ4v) is 9.73. The lowest BCUT2D eigenvalue weighted by atomic mass is 9.59. The van der Waals surface area contributed by atoms with Crippen LogP contribution in [0.1, 0.15) is 54.4 Å². The van der Waals surface area contributed by atoms with Crippen molar-refractivity contribution in [2.75, 3.05) is 62.8 Å². The number of hydrogen-bond donors (Lipinski definition) is 3. The minimum absolute atomic E-state index is 0.0233. The number of carbonyl (C=O) groups excluding carboxylic acids is 1. The summed E-state index contributed by atoms with van der Waals surface area (Å²) in [7, 11) is -2.27. The first-order chi connectivity index (χ1) is 29.6. The minimum atomic E-state index is -2.27. The van der Waals surface area contributed by atoms with Gasteiger partial charge in [0.15, 0.2) is 17.2 Å². The number of allylic oxidation sites excluding steroid dienone is 1. The molecule has 9 rings (SSSR count). The van der Waals surface area contributed by atoms with E-state index in [-0.39, 0.29) is 39.9 Å². The molecule has 3 fully saturated rings. The molecule has 4 aliphatic rings. The number of nitrogens with one attached hydrogen (secondary N) is 3. The van der Waals surface area contributed by atoms with Crippen LogP contribution in [0.4, 0.5) is 21.5 Å². The molecule has 2 aliphatic heterocycles. The lowest BCUT2D eigenvalue weighted by Crippen LogP contribution is -2.47. The molecule has 1 spiro atoms. The Morgan fingerprint density at radius 3 is 2.62 bits per heavy atom. The number of fused-ring (bicyclic) bond motifs is 1. The number of nitro groups is 1. The number of anilines is 2. The largest absolute Gasteiger partial charge is 0.455 e. The molecule has 2 atom stereocenters. The molecular weight excluding hydrogens is 825 g/mol. The third-order valence-corrected chi connectivity index (χ3v) is 13.6. The number of H-pyrrole nitrogens is 1. The highest BCUT2D eigenvalue weighted by atomic mass is 35.5. The molecule has 1 saturated carbocycles. The molecule has 4 heterocycles. The number of hydrogen-bond acceptors (Lipinski definition) is 11. The average molecular weight is 870 g/mol. The van der Waals surface area contributed by atoms with Crippen molar-refractivity contribution in [3.05, 3.63) is 117 Å².